The van der Waals surface area contributed by atoms with Crippen LogP contribution < -0.4 is 16.4 Å². The fourth-order valence-corrected chi connectivity index (χ4v) is 4.17. The lowest BCUT2D eigenvalue weighted by molar-refractivity contribution is 0.0992. The minimum atomic E-state index is -0.560. The molecule has 4 rings (SSSR count). The number of fused-ring (bicyclic) bond motifs is 1. The van der Waals surface area contributed by atoms with E-state index in [9.17, 15) is 4.79 Å². The van der Waals surface area contributed by atoms with Crippen molar-refractivity contribution >= 4 is 28.5 Å². The lowest BCUT2D eigenvalue weighted by Gasteiger charge is -2.37. The molecular weight excluding hydrogens is 362 g/mol. The van der Waals surface area contributed by atoms with Crippen LogP contribution in [0.2, 0.25) is 0 Å². The normalized spacial score (nSPS) is 18.1. The van der Waals surface area contributed by atoms with Crippen molar-refractivity contribution in [1.82, 2.24) is 15.0 Å². The molecule has 2 aromatic heterocycles. The van der Waals surface area contributed by atoms with Crippen molar-refractivity contribution in [3.8, 4) is 0 Å². The number of anilines is 1. The first kappa shape index (κ1) is 17.9. The van der Waals surface area contributed by atoms with E-state index in [0.29, 0.717) is 11.4 Å². The second kappa shape index (κ2) is 6.90. The number of piperidine rings is 1. The number of nitrogens with two attached hydrogens (primary N) is 2. The number of aromatic nitrogens is 3. The number of aliphatic imine (C=N–C) groups is 1. The zero-order valence-electron chi connectivity index (χ0n) is 15.1. The molecule has 4 N–H and O–H groups in total. The quantitative estimate of drug-likeness (QED) is 0.819. The number of carbonyl (C=O) groups excluding carboxylic acids is 1. The summed E-state index contributed by atoms with van der Waals surface area (Å²) in [6.07, 6.45) is 5.20. The minimum Gasteiger partial charge on any atom is -0.364 e. The topological polar surface area (TPSA) is 123 Å². The first-order valence-electron chi connectivity index (χ1n) is 8.80. The minimum absolute atomic E-state index is 0.102. The highest BCUT2D eigenvalue weighted by atomic mass is 32.2. The summed E-state index contributed by atoms with van der Waals surface area (Å²) in [6.45, 7) is 4.32. The van der Waals surface area contributed by atoms with E-state index in [1.165, 1.54) is 11.8 Å². The lowest BCUT2D eigenvalue weighted by Crippen LogP contribution is -2.48. The van der Waals surface area contributed by atoms with E-state index >= 15 is 0 Å². The summed E-state index contributed by atoms with van der Waals surface area (Å²) in [5.41, 5.74) is 13.4. The number of hydrogen-bond acceptors (Lipinski definition) is 8. The largest absolute Gasteiger partial charge is 0.364 e. The molecule has 140 valence electrons. The predicted octanol–water partition coefficient (Wildman–Crippen LogP) is 1.34. The Balaban J connectivity index is 1.53. The van der Waals surface area contributed by atoms with Crippen LogP contribution in [0.15, 0.2) is 34.4 Å². The van der Waals surface area contributed by atoms with Gasteiger partial charge in [-0.15, -0.1) is 0 Å². The maximum absolute atomic E-state index is 11.6. The highest BCUT2D eigenvalue weighted by Gasteiger charge is 2.28. The average Bonchev–Trinajstić information content (AvgIpc) is 3.04. The van der Waals surface area contributed by atoms with Gasteiger partial charge in [-0.2, -0.15) is 0 Å². The number of thioether (sulfide) groups is 1. The van der Waals surface area contributed by atoms with E-state index in [1.54, 1.807) is 24.5 Å². The van der Waals surface area contributed by atoms with Gasteiger partial charge in [0, 0.05) is 29.7 Å². The van der Waals surface area contributed by atoms with Crippen LogP contribution in [0.5, 0.6) is 0 Å². The van der Waals surface area contributed by atoms with Gasteiger partial charge in [0.1, 0.15) is 22.2 Å². The Labute approximate surface area is 161 Å². The highest BCUT2D eigenvalue weighted by molar-refractivity contribution is 8.14. The fourth-order valence-electron chi connectivity index (χ4n) is 3.17. The molecule has 0 saturated carbocycles. The number of amides is 1. The van der Waals surface area contributed by atoms with Crippen molar-refractivity contribution in [2.75, 3.05) is 18.0 Å². The van der Waals surface area contributed by atoms with Crippen LogP contribution >= 0.6 is 11.8 Å². The molecule has 1 fully saturated rings. The predicted molar refractivity (Wildman–Crippen MR) is 105 cm³/mol. The van der Waals surface area contributed by atoms with Gasteiger partial charge in [-0.1, -0.05) is 11.8 Å². The number of hydrogen-bond donors (Lipinski definition) is 2. The number of primary amides is 1. The van der Waals surface area contributed by atoms with Gasteiger partial charge >= 0.3 is 0 Å². The Hall–Kier alpha value is -2.52. The Kier molecular flexibility index (Phi) is 4.56. The zero-order chi connectivity index (χ0) is 19.0. The third kappa shape index (κ3) is 3.65. The van der Waals surface area contributed by atoms with Crippen LogP contribution in [0.3, 0.4) is 0 Å². The van der Waals surface area contributed by atoms with Gasteiger partial charge in [-0.05, 0) is 31.9 Å². The average molecular weight is 383 g/mol. The summed E-state index contributed by atoms with van der Waals surface area (Å²) < 4.78 is 0. The summed E-state index contributed by atoms with van der Waals surface area (Å²) >= 11 is 1.34. The molecule has 27 heavy (non-hydrogen) atoms. The number of nitrogens with zero attached hydrogens (tertiary/aromatic N) is 5. The van der Waals surface area contributed by atoms with Crippen molar-refractivity contribution in [3.05, 3.63) is 41.6 Å². The van der Waals surface area contributed by atoms with E-state index in [1.807, 2.05) is 0 Å². The lowest BCUT2D eigenvalue weighted by atomic mass is 9.91. The molecule has 0 aliphatic carbocycles. The third-order valence-corrected chi connectivity index (χ3v) is 5.91. The van der Waals surface area contributed by atoms with Crippen LogP contribution in [0, 0.1) is 0 Å². The second-order valence-electron chi connectivity index (χ2n) is 7.10. The number of rotatable bonds is 3. The summed E-state index contributed by atoms with van der Waals surface area (Å²) in [5.74, 6) is 0.306. The number of carbonyl (C=O) groups is 1. The molecule has 0 aromatic carbocycles. The van der Waals surface area contributed by atoms with E-state index in [4.69, 9.17) is 16.5 Å². The van der Waals surface area contributed by atoms with Crippen molar-refractivity contribution in [2.24, 2.45) is 16.5 Å². The van der Waals surface area contributed by atoms with Gasteiger partial charge in [0.15, 0.2) is 0 Å². The van der Waals surface area contributed by atoms with Gasteiger partial charge < -0.3 is 16.4 Å². The Bertz CT molecular complexity index is 918. The Morgan fingerprint density at radius 1 is 1.30 bits per heavy atom. The standard InChI is InChI=1S/C18H21N7OS/c1-18(20)4-7-25(8-5-18)13-10-22-14-11(24-13)9-23-17(14)27-12-3-2-6-21-15(12)16(19)26/h2-3,6,10H,4-5,7-9,20H2,1H3,(H2,19,26). The van der Waals surface area contributed by atoms with E-state index < -0.39 is 5.91 Å². The smallest absolute Gasteiger partial charge is 0.268 e. The first-order chi connectivity index (χ1) is 12.9. The summed E-state index contributed by atoms with van der Waals surface area (Å²) in [5, 5.41) is 0.729. The molecule has 2 aliphatic heterocycles. The van der Waals surface area contributed by atoms with E-state index in [2.05, 4.69) is 26.8 Å². The SMILES string of the molecule is CC1(N)CCN(c2cnc3c(n2)CN=C3Sc2cccnc2C(N)=O)CC1. The van der Waals surface area contributed by atoms with Crippen molar-refractivity contribution < 1.29 is 4.79 Å². The second-order valence-corrected chi connectivity index (χ2v) is 8.13. The Morgan fingerprint density at radius 3 is 2.81 bits per heavy atom. The molecule has 0 radical (unpaired) electrons. The molecular formula is C18H21N7OS. The fraction of sp³-hybridized carbons (Fsp3) is 0.389. The molecule has 4 heterocycles. The van der Waals surface area contributed by atoms with Crippen LogP contribution in [0.4, 0.5) is 5.82 Å². The van der Waals surface area contributed by atoms with Gasteiger partial charge in [0.2, 0.25) is 0 Å². The van der Waals surface area contributed by atoms with Crippen molar-refractivity contribution in [2.45, 2.75) is 36.7 Å². The molecule has 0 bridgehead atoms. The summed E-state index contributed by atoms with van der Waals surface area (Å²) in [6, 6.07) is 3.57. The highest BCUT2D eigenvalue weighted by Crippen LogP contribution is 2.31. The monoisotopic (exact) mass is 383 g/mol. The summed E-state index contributed by atoms with van der Waals surface area (Å²) in [7, 11) is 0. The van der Waals surface area contributed by atoms with E-state index in [-0.39, 0.29) is 11.2 Å². The molecule has 8 nitrogen and oxygen atoms in total. The molecule has 2 aliphatic rings. The van der Waals surface area contributed by atoms with Crippen LogP contribution in [-0.4, -0.2) is 44.5 Å². The van der Waals surface area contributed by atoms with Crippen LogP contribution in [0.25, 0.3) is 0 Å². The molecule has 1 amide bonds. The third-order valence-electron chi connectivity index (χ3n) is 4.85. The van der Waals surface area contributed by atoms with Crippen molar-refractivity contribution in [3.63, 3.8) is 0 Å². The number of pyridine rings is 1. The molecule has 0 spiro atoms. The molecule has 1 saturated heterocycles. The van der Waals surface area contributed by atoms with Gasteiger partial charge in [0.05, 0.1) is 18.4 Å². The van der Waals surface area contributed by atoms with Crippen LogP contribution in [0.1, 0.15) is 41.6 Å². The van der Waals surface area contributed by atoms with Crippen molar-refractivity contribution in [1.29, 1.82) is 0 Å². The molecule has 2 aromatic rings. The van der Waals surface area contributed by atoms with Crippen LogP contribution in [-0.2, 0) is 6.54 Å². The van der Waals surface area contributed by atoms with Gasteiger partial charge in [-0.25, -0.2) is 15.0 Å². The van der Waals surface area contributed by atoms with E-state index in [0.717, 1.165) is 48.2 Å². The van der Waals surface area contributed by atoms with Gasteiger partial charge in [-0.3, -0.25) is 9.79 Å². The Morgan fingerprint density at radius 2 is 2.07 bits per heavy atom. The first-order valence-corrected chi connectivity index (χ1v) is 9.62. The maximum atomic E-state index is 11.6. The zero-order valence-corrected chi connectivity index (χ0v) is 15.9. The maximum Gasteiger partial charge on any atom is 0.268 e. The summed E-state index contributed by atoms with van der Waals surface area (Å²) in [4.78, 5) is 32.4. The molecule has 0 unspecified atom stereocenters. The molecule has 9 heteroatoms. The van der Waals surface area contributed by atoms with Gasteiger partial charge in [0.25, 0.3) is 5.91 Å². The molecule has 0 atom stereocenters.